The molecule has 38 heavy (non-hydrogen) atoms. The fourth-order valence-electron chi connectivity index (χ4n) is 4.20. The molecule has 0 bridgehead atoms. The van der Waals surface area contributed by atoms with Gasteiger partial charge < -0.3 is 9.72 Å². The van der Waals surface area contributed by atoms with Gasteiger partial charge in [0, 0.05) is 52.8 Å². The van der Waals surface area contributed by atoms with Crippen molar-refractivity contribution < 1.29 is 57.6 Å². The van der Waals surface area contributed by atoms with Crippen LogP contribution in [0.4, 0.5) is 0 Å². The van der Waals surface area contributed by atoms with Crippen molar-refractivity contribution in [3.05, 3.63) is 139 Å². The van der Waals surface area contributed by atoms with Crippen molar-refractivity contribution >= 4 is 10.9 Å². The molecule has 1 aliphatic heterocycles. The maximum Gasteiger partial charge on any atom is 0.0614 e. The molecular weight excluding hydrogens is 721 g/mol. The smallest absolute Gasteiger partial charge is 0.0614 e. The minimum atomic E-state index is 0. The second-order valence-electron chi connectivity index (χ2n) is 8.26. The van der Waals surface area contributed by atoms with Crippen molar-refractivity contribution in [2.75, 3.05) is 0 Å². The van der Waals surface area contributed by atoms with E-state index in [-0.39, 0.29) is 52.8 Å². The molecule has 0 saturated heterocycles. The van der Waals surface area contributed by atoms with Crippen LogP contribution in [0.2, 0.25) is 0 Å². The summed E-state index contributed by atoms with van der Waals surface area (Å²) in [6.07, 6.45) is 1.69. The maximum absolute atomic E-state index is 5.90. The number of pyridine rings is 2. The van der Waals surface area contributed by atoms with Crippen molar-refractivity contribution in [3.8, 4) is 39.4 Å². The van der Waals surface area contributed by atoms with E-state index in [1.807, 2.05) is 91.0 Å². The fourth-order valence-corrected chi connectivity index (χ4v) is 4.20. The molecule has 1 aliphatic rings. The minimum Gasteiger partial charge on any atom is -0.572 e. The third-order valence-corrected chi connectivity index (χ3v) is 5.96. The quantitative estimate of drug-likeness (QED) is 0.174. The first-order valence-corrected chi connectivity index (χ1v) is 11.7. The molecule has 5 heteroatoms. The average Bonchev–Trinajstić information content (AvgIpc) is 2.98. The van der Waals surface area contributed by atoms with Crippen LogP contribution in [0.1, 0.15) is 5.56 Å². The SMILES string of the molecule is [Ir].[Y].[c-]1ccccc1-c1[c-]cnc2c1OCc1ccc[c-]c1-2.[c-]1ccccc1-c1ccc2ccccc2n1. The Kier molecular flexibility index (Phi) is 9.71. The standard InChI is InChI=1S/C18H10NO.C15H10N.Ir.Y/c1-2-6-13(7-3-1)16-10-11-19-17-15-9-5-4-8-14(15)12-20-18(16)17;1-2-6-12(7-3-1)15-11-10-13-8-4-5-9-14(13)16-15;;/h1-6,8,11H,12H2;1-6,8-11H;;/q-3;-1;;. The topological polar surface area (TPSA) is 35.0 Å². The van der Waals surface area contributed by atoms with Gasteiger partial charge >= 0.3 is 0 Å². The van der Waals surface area contributed by atoms with Crippen molar-refractivity contribution in [2.24, 2.45) is 0 Å². The van der Waals surface area contributed by atoms with E-state index in [9.17, 15) is 0 Å². The Labute approximate surface area is 261 Å². The summed E-state index contributed by atoms with van der Waals surface area (Å²) >= 11 is 0. The second kappa shape index (κ2) is 13.2. The predicted octanol–water partition coefficient (Wildman–Crippen LogP) is 7.41. The number of para-hydroxylation sites is 1. The predicted molar refractivity (Wildman–Crippen MR) is 142 cm³/mol. The molecule has 3 heterocycles. The summed E-state index contributed by atoms with van der Waals surface area (Å²) in [5.74, 6) is 0.768. The molecule has 0 atom stereocenters. The molecule has 184 valence electrons. The van der Waals surface area contributed by atoms with E-state index in [4.69, 9.17) is 4.74 Å². The van der Waals surface area contributed by atoms with E-state index in [0.29, 0.717) is 6.61 Å². The van der Waals surface area contributed by atoms with Crippen LogP contribution in [0.3, 0.4) is 0 Å². The van der Waals surface area contributed by atoms with E-state index in [0.717, 1.165) is 50.5 Å². The molecule has 7 rings (SSSR count). The van der Waals surface area contributed by atoms with Gasteiger partial charge in [-0.15, -0.1) is 71.8 Å². The minimum absolute atomic E-state index is 0. The average molecular weight is 742 g/mol. The van der Waals surface area contributed by atoms with Crippen LogP contribution in [0.25, 0.3) is 44.5 Å². The van der Waals surface area contributed by atoms with E-state index in [2.05, 4.69) is 46.4 Å². The van der Waals surface area contributed by atoms with Crippen molar-refractivity contribution in [1.29, 1.82) is 0 Å². The molecular formula is C33H20IrN2OY-4. The molecule has 0 saturated carbocycles. The van der Waals surface area contributed by atoms with Gasteiger partial charge in [-0.25, -0.2) is 23.8 Å². The number of nitrogens with zero attached hydrogens (tertiary/aromatic N) is 2. The molecule has 0 spiro atoms. The van der Waals surface area contributed by atoms with Crippen molar-refractivity contribution in [3.63, 3.8) is 0 Å². The summed E-state index contributed by atoms with van der Waals surface area (Å²) in [7, 11) is 0. The molecule has 2 radical (unpaired) electrons. The van der Waals surface area contributed by atoms with Gasteiger partial charge in [-0.05, 0) is 28.6 Å². The van der Waals surface area contributed by atoms with Gasteiger partial charge in [0.15, 0.2) is 0 Å². The van der Waals surface area contributed by atoms with Gasteiger partial charge in [-0.3, -0.25) is 10.5 Å². The summed E-state index contributed by atoms with van der Waals surface area (Å²) in [6.45, 7) is 0.541. The van der Waals surface area contributed by atoms with Gasteiger partial charge in [0.05, 0.1) is 12.1 Å². The summed E-state index contributed by atoms with van der Waals surface area (Å²) < 4.78 is 5.90. The van der Waals surface area contributed by atoms with Gasteiger partial charge in [-0.2, -0.15) is 12.1 Å². The largest absolute Gasteiger partial charge is 0.572 e. The fraction of sp³-hybridized carbons (Fsp3) is 0.0303. The first-order valence-electron chi connectivity index (χ1n) is 11.7. The normalized spacial score (nSPS) is 10.8. The van der Waals surface area contributed by atoms with E-state index in [1.54, 1.807) is 6.20 Å². The first kappa shape index (κ1) is 28.0. The number of hydrogen-bond acceptors (Lipinski definition) is 3. The Balaban J connectivity index is 0.000000172. The zero-order chi connectivity index (χ0) is 24.2. The Morgan fingerprint density at radius 1 is 0.658 bits per heavy atom. The molecule has 0 fully saturated rings. The van der Waals surface area contributed by atoms with E-state index in [1.165, 1.54) is 5.39 Å². The van der Waals surface area contributed by atoms with Crippen LogP contribution in [0.5, 0.6) is 5.75 Å². The van der Waals surface area contributed by atoms with Crippen LogP contribution >= 0.6 is 0 Å². The molecule has 6 aromatic rings. The van der Waals surface area contributed by atoms with Crippen LogP contribution < -0.4 is 4.74 Å². The zero-order valence-electron chi connectivity index (χ0n) is 20.3. The maximum atomic E-state index is 5.90. The molecule has 2 aromatic heterocycles. The summed E-state index contributed by atoms with van der Waals surface area (Å²) in [4.78, 5) is 9.04. The number of ether oxygens (including phenoxy) is 1. The Morgan fingerprint density at radius 3 is 2.18 bits per heavy atom. The Bertz CT molecular complexity index is 1630. The third-order valence-electron chi connectivity index (χ3n) is 5.96. The van der Waals surface area contributed by atoms with E-state index >= 15 is 0 Å². The summed E-state index contributed by atoms with van der Waals surface area (Å²) in [5, 5.41) is 1.17. The third kappa shape index (κ3) is 6.00. The molecule has 4 aromatic carbocycles. The molecule has 0 N–H and O–H groups in total. The molecule has 0 amide bonds. The number of aromatic nitrogens is 2. The summed E-state index contributed by atoms with van der Waals surface area (Å²) in [5.41, 5.74) is 7.85. The molecule has 0 aliphatic carbocycles. The van der Waals surface area contributed by atoms with Gasteiger partial charge in [0.25, 0.3) is 0 Å². The van der Waals surface area contributed by atoms with E-state index < -0.39 is 0 Å². The van der Waals surface area contributed by atoms with Gasteiger partial charge in [-0.1, -0.05) is 42.1 Å². The molecule has 3 nitrogen and oxygen atoms in total. The van der Waals surface area contributed by atoms with Gasteiger partial charge in [0.1, 0.15) is 0 Å². The number of hydrogen-bond donors (Lipinski definition) is 0. The van der Waals surface area contributed by atoms with Crippen LogP contribution in [0, 0.1) is 24.3 Å². The monoisotopic (exact) mass is 742 g/mol. The Hall–Kier alpha value is -3.01. The number of fused-ring (bicyclic) bond motifs is 4. The first-order chi connectivity index (χ1) is 17.9. The van der Waals surface area contributed by atoms with Crippen LogP contribution in [-0.2, 0) is 59.4 Å². The second-order valence-corrected chi connectivity index (χ2v) is 8.26. The summed E-state index contributed by atoms with van der Waals surface area (Å²) in [6, 6.07) is 46.7. The number of rotatable bonds is 2. The molecule has 0 unspecified atom stereocenters. The number of benzene rings is 4. The van der Waals surface area contributed by atoms with Crippen LogP contribution in [0.15, 0.2) is 109 Å². The van der Waals surface area contributed by atoms with Crippen molar-refractivity contribution in [2.45, 2.75) is 6.61 Å². The zero-order valence-corrected chi connectivity index (χ0v) is 25.5. The Morgan fingerprint density at radius 2 is 1.39 bits per heavy atom. The van der Waals surface area contributed by atoms with Gasteiger partial charge in [0.2, 0.25) is 0 Å². The van der Waals surface area contributed by atoms with Crippen LogP contribution in [-0.4, -0.2) is 9.97 Å². The van der Waals surface area contributed by atoms with Crippen molar-refractivity contribution in [1.82, 2.24) is 9.97 Å².